The lowest BCUT2D eigenvalue weighted by molar-refractivity contribution is 0.0906. The van der Waals surface area contributed by atoms with E-state index in [1.54, 1.807) is 17.4 Å². The molecule has 6 heteroatoms. The van der Waals surface area contributed by atoms with Gasteiger partial charge >= 0.3 is 0 Å². The van der Waals surface area contributed by atoms with Gasteiger partial charge < -0.3 is 9.64 Å². The highest BCUT2D eigenvalue weighted by Crippen LogP contribution is 2.38. The Kier molecular flexibility index (Phi) is 3.59. The SMILES string of the molecule is Cc1c(-c2csc(N3[C@@H]4CC[C@H]3COC4)n2)ccc(F)c1Cl. The normalized spacial score (nSPS) is 24.0. The Hall–Kier alpha value is -1.17. The van der Waals surface area contributed by atoms with Crippen molar-refractivity contribution in [2.24, 2.45) is 0 Å². The molecule has 2 fully saturated rings. The third kappa shape index (κ3) is 2.23. The van der Waals surface area contributed by atoms with Crippen molar-refractivity contribution in [3.8, 4) is 11.3 Å². The van der Waals surface area contributed by atoms with Crippen LogP contribution in [-0.2, 0) is 4.74 Å². The van der Waals surface area contributed by atoms with Gasteiger partial charge in [-0.25, -0.2) is 9.37 Å². The Morgan fingerprint density at radius 2 is 2.05 bits per heavy atom. The summed E-state index contributed by atoms with van der Waals surface area (Å²) in [5, 5.41) is 3.24. The molecular formula is C16H16ClFN2OS. The Balaban J connectivity index is 1.69. The van der Waals surface area contributed by atoms with Crippen LogP contribution in [0.5, 0.6) is 0 Å². The molecule has 2 aliphatic rings. The first-order valence-electron chi connectivity index (χ1n) is 7.41. The van der Waals surface area contributed by atoms with E-state index in [4.69, 9.17) is 21.3 Å². The van der Waals surface area contributed by atoms with Crippen LogP contribution in [0, 0.1) is 12.7 Å². The summed E-state index contributed by atoms with van der Waals surface area (Å²) in [7, 11) is 0. The van der Waals surface area contributed by atoms with E-state index in [0.717, 1.165) is 35.2 Å². The molecule has 1 aromatic carbocycles. The zero-order valence-electron chi connectivity index (χ0n) is 12.2. The topological polar surface area (TPSA) is 25.4 Å². The number of hydrogen-bond donors (Lipinski definition) is 0. The summed E-state index contributed by atoms with van der Waals surface area (Å²) in [6, 6.07) is 4.04. The lowest BCUT2D eigenvalue weighted by atomic mass is 10.1. The summed E-state index contributed by atoms with van der Waals surface area (Å²) in [6.45, 7) is 3.40. The average molecular weight is 339 g/mol. The summed E-state index contributed by atoms with van der Waals surface area (Å²) in [5.74, 6) is -0.385. The van der Waals surface area contributed by atoms with Gasteiger partial charge in [0.05, 0.1) is 36.0 Å². The first kappa shape index (κ1) is 14.4. The van der Waals surface area contributed by atoms with Crippen molar-refractivity contribution in [3.63, 3.8) is 0 Å². The van der Waals surface area contributed by atoms with Crippen molar-refractivity contribution in [3.05, 3.63) is 33.9 Å². The summed E-state index contributed by atoms with van der Waals surface area (Å²) in [4.78, 5) is 7.19. The summed E-state index contributed by atoms with van der Waals surface area (Å²) in [5.41, 5.74) is 2.50. The number of ether oxygens (including phenoxy) is 1. The maximum Gasteiger partial charge on any atom is 0.186 e. The summed E-state index contributed by atoms with van der Waals surface area (Å²) in [6.07, 6.45) is 2.34. The van der Waals surface area contributed by atoms with E-state index < -0.39 is 0 Å². The molecule has 0 radical (unpaired) electrons. The van der Waals surface area contributed by atoms with Crippen LogP contribution in [0.15, 0.2) is 17.5 Å². The van der Waals surface area contributed by atoms with E-state index >= 15 is 0 Å². The van der Waals surface area contributed by atoms with Crippen LogP contribution in [-0.4, -0.2) is 30.3 Å². The molecule has 22 heavy (non-hydrogen) atoms. The molecule has 2 atom stereocenters. The smallest absolute Gasteiger partial charge is 0.186 e. The van der Waals surface area contributed by atoms with Crippen LogP contribution < -0.4 is 4.90 Å². The van der Waals surface area contributed by atoms with Crippen molar-refractivity contribution < 1.29 is 9.13 Å². The molecule has 2 aliphatic heterocycles. The van der Waals surface area contributed by atoms with Gasteiger partial charge in [0, 0.05) is 10.9 Å². The second kappa shape index (κ2) is 5.48. The van der Waals surface area contributed by atoms with Crippen LogP contribution in [0.3, 0.4) is 0 Å². The minimum Gasteiger partial charge on any atom is -0.377 e. The van der Waals surface area contributed by atoms with Crippen molar-refractivity contribution in [2.75, 3.05) is 18.1 Å². The minimum absolute atomic E-state index is 0.179. The maximum atomic E-state index is 13.5. The predicted octanol–water partition coefficient (Wildman–Crippen LogP) is 4.28. The van der Waals surface area contributed by atoms with Crippen LogP contribution >= 0.6 is 22.9 Å². The standard InChI is InChI=1S/C16H16ClFN2OS/c1-9-12(4-5-13(18)15(9)17)14-8-22-16(19-14)20-10-2-3-11(20)7-21-6-10/h4-5,8,10-11H,2-3,6-7H2,1H3/t10-,11+. The number of thiazole rings is 1. The predicted molar refractivity (Wildman–Crippen MR) is 87.4 cm³/mol. The van der Waals surface area contributed by atoms with E-state index in [9.17, 15) is 4.39 Å². The van der Waals surface area contributed by atoms with Gasteiger partial charge in [-0.2, -0.15) is 0 Å². The number of anilines is 1. The molecule has 116 valence electrons. The second-order valence-electron chi connectivity index (χ2n) is 5.88. The number of hydrogen-bond acceptors (Lipinski definition) is 4. The first-order valence-corrected chi connectivity index (χ1v) is 8.67. The zero-order chi connectivity index (χ0) is 15.3. The molecule has 2 saturated heterocycles. The van der Waals surface area contributed by atoms with Crippen LogP contribution in [0.25, 0.3) is 11.3 Å². The molecule has 0 aliphatic carbocycles. The number of halogens is 2. The number of morpholine rings is 1. The van der Waals surface area contributed by atoms with Crippen LogP contribution in [0.1, 0.15) is 18.4 Å². The maximum absolute atomic E-state index is 13.5. The van der Waals surface area contributed by atoms with Gasteiger partial charge in [0.25, 0.3) is 0 Å². The van der Waals surface area contributed by atoms with Gasteiger partial charge in [0.2, 0.25) is 0 Å². The number of aromatic nitrogens is 1. The van der Waals surface area contributed by atoms with E-state index in [2.05, 4.69) is 4.90 Å². The number of nitrogens with zero attached hydrogens (tertiary/aromatic N) is 2. The highest BCUT2D eigenvalue weighted by molar-refractivity contribution is 7.14. The fourth-order valence-corrected chi connectivity index (χ4v) is 4.51. The molecule has 0 saturated carbocycles. The highest BCUT2D eigenvalue weighted by Gasteiger charge is 2.38. The van der Waals surface area contributed by atoms with Crippen molar-refractivity contribution >= 4 is 28.1 Å². The third-order valence-corrected chi connectivity index (χ3v) is 5.89. The summed E-state index contributed by atoms with van der Waals surface area (Å²) >= 11 is 7.66. The quantitative estimate of drug-likeness (QED) is 0.817. The van der Waals surface area contributed by atoms with E-state index in [1.165, 1.54) is 18.9 Å². The molecule has 2 bridgehead atoms. The molecule has 3 nitrogen and oxygen atoms in total. The molecule has 3 heterocycles. The minimum atomic E-state index is -0.385. The van der Waals surface area contributed by atoms with E-state index in [0.29, 0.717) is 12.1 Å². The van der Waals surface area contributed by atoms with E-state index in [1.807, 2.05) is 12.3 Å². The Morgan fingerprint density at radius 1 is 1.32 bits per heavy atom. The van der Waals surface area contributed by atoms with Gasteiger partial charge in [-0.15, -0.1) is 11.3 Å². The van der Waals surface area contributed by atoms with Gasteiger partial charge in [-0.3, -0.25) is 0 Å². The van der Waals surface area contributed by atoms with Gasteiger partial charge in [0.1, 0.15) is 5.82 Å². The Morgan fingerprint density at radius 3 is 2.77 bits per heavy atom. The van der Waals surface area contributed by atoms with Crippen LogP contribution in [0.2, 0.25) is 5.02 Å². The lowest BCUT2D eigenvalue weighted by Crippen LogP contribution is -2.45. The molecule has 2 aromatic rings. The Labute approximate surface area is 137 Å². The highest BCUT2D eigenvalue weighted by atomic mass is 35.5. The number of benzene rings is 1. The summed E-state index contributed by atoms with van der Waals surface area (Å²) < 4.78 is 19.1. The van der Waals surface area contributed by atoms with Crippen molar-refractivity contribution in [1.29, 1.82) is 0 Å². The molecular weight excluding hydrogens is 323 g/mol. The van der Waals surface area contributed by atoms with E-state index in [-0.39, 0.29) is 10.8 Å². The van der Waals surface area contributed by atoms with Gasteiger partial charge in [-0.05, 0) is 37.5 Å². The largest absolute Gasteiger partial charge is 0.377 e. The van der Waals surface area contributed by atoms with Crippen LogP contribution in [0.4, 0.5) is 9.52 Å². The number of rotatable bonds is 2. The van der Waals surface area contributed by atoms with Gasteiger partial charge in [-0.1, -0.05) is 11.6 Å². The fourth-order valence-electron chi connectivity index (χ4n) is 3.38. The van der Waals surface area contributed by atoms with Gasteiger partial charge in [0.15, 0.2) is 5.13 Å². The molecule has 0 amide bonds. The zero-order valence-corrected chi connectivity index (χ0v) is 13.8. The number of fused-ring (bicyclic) bond motifs is 2. The molecule has 0 unspecified atom stereocenters. The fraction of sp³-hybridized carbons (Fsp3) is 0.438. The lowest BCUT2D eigenvalue weighted by Gasteiger charge is -2.34. The molecule has 1 aromatic heterocycles. The monoisotopic (exact) mass is 338 g/mol. The third-order valence-electron chi connectivity index (χ3n) is 4.57. The second-order valence-corrected chi connectivity index (χ2v) is 7.09. The molecule has 0 N–H and O–H groups in total. The van der Waals surface area contributed by atoms with Crippen molar-refractivity contribution in [2.45, 2.75) is 31.8 Å². The first-order chi connectivity index (χ1) is 10.6. The van der Waals surface area contributed by atoms with Crippen molar-refractivity contribution in [1.82, 2.24) is 4.98 Å². The molecule has 0 spiro atoms. The average Bonchev–Trinajstić information content (AvgIpc) is 3.07. The Bertz CT molecular complexity index is 704. The molecule has 4 rings (SSSR count).